The number of benzene rings is 1. The highest BCUT2D eigenvalue weighted by Gasteiger charge is 2.46. The minimum Gasteiger partial charge on any atom is -0.343 e. The van der Waals surface area contributed by atoms with Gasteiger partial charge < -0.3 is 15.6 Å². The normalized spacial score (nSPS) is 17.3. The lowest BCUT2D eigenvalue weighted by Gasteiger charge is -2.13. The Kier molecular flexibility index (Phi) is 3.21. The topological polar surface area (TPSA) is 94.0 Å². The molecule has 0 saturated heterocycles. The molecule has 1 fully saturated rings. The van der Waals surface area contributed by atoms with E-state index in [9.17, 15) is 9.18 Å². The predicted octanol–water partition coefficient (Wildman–Crippen LogP) is 1.54. The number of amides is 1. The van der Waals surface area contributed by atoms with Crippen LogP contribution in [0.1, 0.15) is 31.7 Å². The predicted molar refractivity (Wildman–Crippen MR) is 72.4 cm³/mol. The van der Waals surface area contributed by atoms with E-state index >= 15 is 0 Å². The van der Waals surface area contributed by atoms with Gasteiger partial charge in [-0.05, 0) is 31.9 Å². The minimum absolute atomic E-state index is 0.222. The standard InChI is InChI=1S/C14H15FN4O2/c1-8(17-13(20)14(16)5-6-14)12-18-11(19-21-12)9-3-2-4-10(15)7-9/h2-4,7-8H,5-6,16H2,1H3,(H,17,20). The fraction of sp³-hybridized carbons (Fsp3) is 0.357. The number of carbonyl (C=O) groups excluding carboxylic acids is 1. The highest BCUT2D eigenvalue weighted by molar-refractivity contribution is 5.89. The molecule has 0 radical (unpaired) electrons. The molecule has 1 atom stereocenters. The average Bonchev–Trinajstić information content (AvgIpc) is 3.03. The summed E-state index contributed by atoms with van der Waals surface area (Å²) < 4.78 is 18.3. The van der Waals surface area contributed by atoms with Crippen LogP contribution >= 0.6 is 0 Å². The molecule has 1 aromatic carbocycles. The van der Waals surface area contributed by atoms with Crippen molar-refractivity contribution in [3.05, 3.63) is 36.0 Å². The van der Waals surface area contributed by atoms with Gasteiger partial charge in [-0.25, -0.2) is 4.39 Å². The molecule has 0 aliphatic heterocycles. The van der Waals surface area contributed by atoms with Crippen LogP contribution in [0.2, 0.25) is 0 Å². The first kappa shape index (κ1) is 13.7. The Morgan fingerprint density at radius 1 is 1.52 bits per heavy atom. The summed E-state index contributed by atoms with van der Waals surface area (Å²) in [5, 5.41) is 6.54. The van der Waals surface area contributed by atoms with E-state index in [2.05, 4.69) is 15.5 Å². The largest absolute Gasteiger partial charge is 0.343 e. The van der Waals surface area contributed by atoms with Crippen molar-refractivity contribution in [3.63, 3.8) is 0 Å². The number of nitrogens with two attached hydrogens (primary N) is 1. The molecule has 0 bridgehead atoms. The van der Waals surface area contributed by atoms with E-state index in [1.165, 1.54) is 12.1 Å². The fourth-order valence-electron chi connectivity index (χ4n) is 1.92. The number of aromatic nitrogens is 2. The van der Waals surface area contributed by atoms with E-state index in [-0.39, 0.29) is 23.4 Å². The maximum atomic E-state index is 13.2. The van der Waals surface area contributed by atoms with Crippen LogP contribution in [0.25, 0.3) is 11.4 Å². The van der Waals surface area contributed by atoms with E-state index in [0.29, 0.717) is 18.4 Å². The number of nitrogens with zero attached hydrogens (tertiary/aromatic N) is 2. The van der Waals surface area contributed by atoms with Crippen LogP contribution in [0.5, 0.6) is 0 Å². The summed E-state index contributed by atoms with van der Waals surface area (Å²) in [4.78, 5) is 16.0. The first-order valence-corrected chi connectivity index (χ1v) is 6.67. The molecule has 3 N–H and O–H groups in total. The van der Waals surface area contributed by atoms with Gasteiger partial charge in [0.1, 0.15) is 11.9 Å². The van der Waals surface area contributed by atoms with E-state index in [1.807, 2.05) is 0 Å². The van der Waals surface area contributed by atoms with Gasteiger partial charge in [-0.3, -0.25) is 4.79 Å². The van der Waals surface area contributed by atoms with E-state index in [4.69, 9.17) is 10.3 Å². The van der Waals surface area contributed by atoms with Gasteiger partial charge in [0.2, 0.25) is 17.6 Å². The lowest BCUT2D eigenvalue weighted by Crippen LogP contribution is -2.43. The quantitative estimate of drug-likeness (QED) is 0.890. The zero-order chi connectivity index (χ0) is 15.0. The van der Waals surface area contributed by atoms with Gasteiger partial charge in [0.25, 0.3) is 0 Å². The maximum Gasteiger partial charge on any atom is 0.249 e. The van der Waals surface area contributed by atoms with Gasteiger partial charge in [0.05, 0.1) is 5.54 Å². The van der Waals surface area contributed by atoms with E-state index < -0.39 is 11.6 Å². The zero-order valence-corrected chi connectivity index (χ0v) is 11.5. The van der Waals surface area contributed by atoms with Crippen molar-refractivity contribution in [2.75, 3.05) is 0 Å². The van der Waals surface area contributed by atoms with Crippen molar-refractivity contribution in [3.8, 4) is 11.4 Å². The summed E-state index contributed by atoms with van der Waals surface area (Å²) in [7, 11) is 0. The Bertz CT molecular complexity index is 681. The van der Waals surface area contributed by atoms with Gasteiger partial charge in [-0.15, -0.1) is 0 Å². The number of carbonyl (C=O) groups is 1. The van der Waals surface area contributed by atoms with Crippen LogP contribution in [0.4, 0.5) is 4.39 Å². The van der Waals surface area contributed by atoms with Gasteiger partial charge in [-0.1, -0.05) is 17.3 Å². The Labute approximate surface area is 120 Å². The van der Waals surface area contributed by atoms with Gasteiger partial charge in [0, 0.05) is 5.56 Å². The second-order valence-electron chi connectivity index (χ2n) is 5.32. The van der Waals surface area contributed by atoms with Crippen molar-refractivity contribution < 1.29 is 13.7 Å². The second-order valence-corrected chi connectivity index (χ2v) is 5.32. The first-order valence-electron chi connectivity index (χ1n) is 6.67. The summed E-state index contributed by atoms with van der Waals surface area (Å²) >= 11 is 0. The molecule has 1 saturated carbocycles. The SMILES string of the molecule is CC(NC(=O)C1(N)CC1)c1nc(-c2cccc(F)c2)no1. The highest BCUT2D eigenvalue weighted by Crippen LogP contribution is 2.32. The summed E-state index contributed by atoms with van der Waals surface area (Å²) in [6.45, 7) is 1.73. The highest BCUT2D eigenvalue weighted by atomic mass is 19.1. The Morgan fingerprint density at radius 2 is 2.29 bits per heavy atom. The third-order valence-corrected chi connectivity index (χ3v) is 3.48. The molecule has 7 heteroatoms. The molecular formula is C14H15FN4O2. The molecule has 0 spiro atoms. The summed E-state index contributed by atoms with van der Waals surface area (Å²) in [6.07, 6.45) is 1.37. The van der Waals surface area contributed by atoms with Crippen LogP contribution in [0.15, 0.2) is 28.8 Å². The number of hydrogen-bond donors (Lipinski definition) is 2. The van der Waals surface area contributed by atoms with Crippen molar-refractivity contribution in [1.82, 2.24) is 15.5 Å². The van der Waals surface area contributed by atoms with Crippen LogP contribution in [-0.2, 0) is 4.79 Å². The Balaban J connectivity index is 1.74. The molecule has 6 nitrogen and oxygen atoms in total. The lowest BCUT2D eigenvalue weighted by atomic mass is 10.2. The zero-order valence-electron chi connectivity index (χ0n) is 11.5. The lowest BCUT2D eigenvalue weighted by molar-refractivity contribution is -0.124. The molecule has 21 heavy (non-hydrogen) atoms. The number of rotatable bonds is 4. The first-order chi connectivity index (χ1) is 9.98. The Morgan fingerprint density at radius 3 is 2.95 bits per heavy atom. The molecule has 2 aromatic rings. The molecule has 1 heterocycles. The number of hydrogen-bond acceptors (Lipinski definition) is 5. The van der Waals surface area contributed by atoms with Crippen LogP contribution < -0.4 is 11.1 Å². The van der Waals surface area contributed by atoms with Crippen molar-refractivity contribution in [2.45, 2.75) is 31.3 Å². The Hall–Kier alpha value is -2.28. The second kappa shape index (κ2) is 4.92. The molecule has 1 amide bonds. The smallest absolute Gasteiger partial charge is 0.249 e. The number of halogens is 1. The molecule has 1 aliphatic rings. The average molecular weight is 290 g/mol. The minimum atomic E-state index is -0.750. The van der Waals surface area contributed by atoms with Crippen LogP contribution in [0, 0.1) is 5.82 Å². The van der Waals surface area contributed by atoms with Crippen LogP contribution in [0.3, 0.4) is 0 Å². The monoisotopic (exact) mass is 290 g/mol. The molecule has 3 rings (SSSR count). The van der Waals surface area contributed by atoms with Crippen LogP contribution in [-0.4, -0.2) is 21.6 Å². The molecular weight excluding hydrogens is 275 g/mol. The molecule has 110 valence electrons. The summed E-state index contributed by atoms with van der Waals surface area (Å²) in [6, 6.07) is 5.45. The molecule has 1 aliphatic carbocycles. The summed E-state index contributed by atoms with van der Waals surface area (Å²) in [5.41, 5.74) is 5.57. The molecule has 1 aromatic heterocycles. The van der Waals surface area contributed by atoms with Gasteiger partial charge in [0.15, 0.2) is 0 Å². The fourth-order valence-corrected chi connectivity index (χ4v) is 1.92. The van der Waals surface area contributed by atoms with Gasteiger partial charge >= 0.3 is 0 Å². The third-order valence-electron chi connectivity index (χ3n) is 3.48. The van der Waals surface area contributed by atoms with E-state index in [0.717, 1.165) is 0 Å². The van der Waals surface area contributed by atoms with E-state index in [1.54, 1.807) is 19.1 Å². The summed E-state index contributed by atoms with van der Waals surface area (Å²) in [5.74, 6) is -0.0640. The maximum absolute atomic E-state index is 13.2. The number of nitrogens with one attached hydrogen (secondary N) is 1. The molecule has 1 unspecified atom stereocenters. The van der Waals surface area contributed by atoms with Gasteiger partial charge in [-0.2, -0.15) is 4.98 Å². The van der Waals surface area contributed by atoms with Crippen molar-refractivity contribution in [2.24, 2.45) is 5.73 Å². The van der Waals surface area contributed by atoms with Crippen molar-refractivity contribution in [1.29, 1.82) is 0 Å². The van der Waals surface area contributed by atoms with Crippen molar-refractivity contribution >= 4 is 5.91 Å². The third kappa shape index (κ3) is 2.78.